The molecule has 2 atom stereocenters. The number of aryl methyl sites for hydroxylation is 1. The average Bonchev–Trinajstić information content (AvgIpc) is 3.14. The Bertz CT molecular complexity index is 1110. The lowest BCUT2D eigenvalue weighted by atomic mass is 9.76. The number of aromatic nitrogens is 2. The van der Waals surface area contributed by atoms with Crippen molar-refractivity contribution in [2.45, 2.75) is 66.3 Å². The lowest BCUT2D eigenvalue weighted by Gasteiger charge is -2.38. The standard InChI is InChI=1S/C22H33FN4O4S/c1-13-7-8-17(23)18(14(13)2)15(3)19(20-24-25-21(28)31-20)26-32(29,30)27-11-9-16(10-12-27)22(4,5)6/h7-8,15-16,19,26H,9-12H2,1-6H3,(H,25,28)/t15-,19-/m0/s1. The Kier molecular flexibility index (Phi) is 6.97. The van der Waals surface area contributed by atoms with Gasteiger partial charge < -0.3 is 4.42 Å². The molecular weight excluding hydrogens is 435 g/mol. The van der Waals surface area contributed by atoms with E-state index in [0.717, 1.165) is 18.4 Å². The van der Waals surface area contributed by atoms with Crippen LogP contribution in [-0.4, -0.2) is 36.0 Å². The number of rotatable bonds is 6. The highest BCUT2D eigenvalue weighted by atomic mass is 32.2. The normalized spacial score (nSPS) is 18.6. The van der Waals surface area contributed by atoms with Gasteiger partial charge in [0.2, 0.25) is 5.89 Å². The first-order valence-electron chi connectivity index (χ1n) is 10.9. The third-order valence-electron chi connectivity index (χ3n) is 6.70. The molecule has 0 radical (unpaired) electrons. The van der Waals surface area contributed by atoms with Crippen molar-refractivity contribution in [1.29, 1.82) is 0 Å². The summed E-state index contributed by atoms with van der Waals surface area (Å²) in [7, 11) is -3.93. The van der Waals surface area contributed by atoms with E-state index in [0.29, 0.717) is 30.1 Å². The van der Waals surface area contributed by atoms with Gasteiger partial charge in [-0.15, -0.1) is 5.10 Å². The van der Waals surface area contributed by atoms with Gasteiger partial charge in [-0.3, -0.25) is 0 Å². The minimum absolute atomic E-state index is 0.110. The topological polar surface area (TPSA) is 108 Å². The molecular formula is C22H33FN4O4S. The maximum absolute atomic E-state index is 14.8. The van der Waals surface area contributed by atoms with E-state index >= 15 is 0 Å². The molecule has 8 nitrogen and oxygen atoms in total. The summed E-state index contributed by atoms with van der Waals surface area (Å²) in [5.74, 6) is -1.63. The summed E-state index contributed by atoms with van der Waals surface area (Å²) in [6.45, 7) is 12.6. The fourth-order valence-electron chi connectivity index (χ4n) is 4.47. The largest absolute Gasteiger partial charge is 0.434 e. The molecule has 10 heteroatoms. The van der Waals surface area contributed by atoms with Gasteiger partial charge in [-0.2, -0.15) is 17.4 Å². The Hall–Kier alpha value is -2.04. The van der Waals surface area contributed by atoms with Gasteiger partial charge in [-0.25, -0.2) is 14.3 Å². The van der Waals surface area contributed by atoms with Gasteiger partial charge in [0.05, 0.1) is 0 Å². The molecule has 0 saturated carbocycles. The van der Waals surface area contributed by atoms with E-state index in [1.807, 2.05) is 6.92 Å². The van der Waals surface area contributed by atoms with E-state index < -0.39 is 33.7 Å². The molecule has 1 fully saturated rings. The van der Waals surface area contributed by atoms with E-state index in [-0.39, 0.29) is 11.3 Å². The number of benzene rings is 1. The highest BCUT2D eigenvalue weighted by Gasteiger charge is 2.37. The van der Waals surface area contributed by atoms with Crippen molar-refractivity contribution < 1.29 is 17.2 Å². The van der Waals surface area contributed by atoms with Gasteiger partial charge in [-0.1, -0.05) is 33.8 Å². The predicted octanol–water partition coefficient (Wildman–Crippen LogP) is 3.56. The molecule has 2 aromatic rings. The third kappa shape index (κ3) is 5.13. The van der Waals surface area contributed by atoms with E-state index in [1.54, 1.807) is 19.9 Å². The van der Waals surface area contributed by atoms with Gasteiger partial charge >= 0.3 is 5.76 Å². The Labute approximate surface area is 188 Å². The number of nitrogens with one attached hydrogen (secondary N) is 2. The quantitative estimate of drug-likeness (QED) is 0.674. The molecule has 1 aromatic heterocycles. The monoisotopic (exact) mass is 468 g/mol. The van der Waals surface area contributed by atoms with Crippen LogP contribution < -0.4 is 10.5 Å². The number of hydrogen-bond acceptors (Lipinski definition) is 5. The van der Waals surface area contributed by atoms with Gasteiger partial charge in [0, 0.05) is 19.0 Å². The Morgan fingerprint density at radius 1 is 1.25 bits per heavy atom. The molecule has 2 heterocycles. The molecule has 2 N–H and O–H groups in total. The first-order chi connectivity index (χ1) is 14.8. The summed E-state index contributed by atoms with van der Waals surface area (Å²) in [5.41, 5.74) is 2.06. The van der Waals surface area contributed by atoms with Crippen LogP contribution in [0.4, 0.5) is 4.39 Å². The maximum Gasteiger partial charge on any atom is 0.434 e. The number of hydrogen-bond donors (Lipinski definition) is 2. The van der Waals surface area contributed by atoms with Crippen LogP contribution in [-0.2, 0) is 10.2 Å². The predicted molar refractivity (Wildman–Crippen MR) is 120 cm³/mol. The van der Waals surface area contributed by atoms with Crippen LogP contribution in [0.25, 0.3) is 0 Å². The van der Waals surface area contributed by atoms with E-state index in [4.69, 9.17) is 4.42 Å². The molecule has 3 rings (SSSR count). The van der Waals surface area contributed by atoms with Crippen LogP contribution in [0.2, 0.25) is 0 Å². The lowest BCUT2D eigenvalue weighted by molar-refractivity contribution is 0.152. The van der Waals surface area contributed by atoms with Gasteiger partial charge in [-0.05, 0) is 60.8 Å². The molecule has 1 aromatic carbocycles. The molecule has 32 heavy (non-hydrogen) atoms. The Morgan fingerprint density at radius 3 is 2.41 bits per heavy atom. The summed E-state index contributed by atoms with van der Waals surface area (Å²) in [6, 6.07) is 1.97. The van der Waals surface area contributed by atoms with Crippen LogP contribution in [0.5, 0.6) is 0 Å². The zero-order valence-corrected chi connectivity index (χ0v) is 20.3. The zero-order valence-electron chi connectivity index (χ0n) is 19.5. The maximum atomic E-state index is 14.8. The fraction of sp³-hybridized carbons (Fsp3) is 0.636. The van der Waals surface area contributed by atoms with Gasteiger partial charge in [0.1, 0.15) is 11.9 Å². The summed E-state index contributed by atoms with van der Waals surface area (Å²) in [6.07, 6.45) is 1.52. The second-order valence-corrected chi connectivity index (χ2v) is 11.5. The second-order valence-electron chi connectivity index (χ2n) is 9.78. The highest BCUT2D eigenvalue weighted by molar-refractivity contribution is 7.87. The average molecular weight is 469 g/mol. The van der Waals surface area contributed by atoms with E-state index in [2.05, 4.69) is 35.7 Å². The van der Waals surface area contributed by atoms with Gasteiger partial charge in [0.15, 0.2) is 0 Å². The zero-order chi connectivity index (χ0) is 23.8. The molecule has 0 amide bonds. The smallest absolute Gasteiger partial charge is 0.391 e. The molecule has 0 bridgehead atoms. The first-order valence-corrected chi connectivity index (χ1v) is 12.3. The molecule has 1 aliphatic rings. The lowest BCUT2D eigenvalue weighted by Crippen LogP contribution is -2.48. The van der Waals surface area contributed by atoms with Crippen molar-refractivity contribution in [1.82, 2.24) is 19.2 Å². The molecule has 1 aliphatic heterocycles. The summed E-state index contributed by atoms with van der Waals surface area (Å²) in [5, 5.41) is 6.02. The minimum atomic E-state index is -3.93. The molecule has 0 spiro atoms. The minimum Gasteiger partial charge on any atom is -0.391 e. The summed E-state index contributed by atoms with van der Waals surface area (Å²) < 4.78 is 50.5. The molecule has 0 aliphatic carbocycles. The van der Waals surface area contributed by atoms with Crippen LogP contribution in [0.1, 0.15) is 75.1 Å². The van der Waals surface area contributed by atoms with Crippen molar-refractivity contribution in [3.63, 3.8) is 0 Å². The number of aromatic amines is 1. The number of H-pyrrole nitrogens is 1. The van der Waals surface area contributed by atoms with Crippen LogP contribution in [0.3, 0.4) is 0 Å². The Balaban J connectivity index is 1.91. The highest BCUT2D eigenvalue weighted by Crippen LogP contribution is 2.37. The van der Waals surface area contributed by atoms with E-state index in [1.165, 1.54) is 10.4 Å². The van der Waals surface area contributed by atoms with Crippen molar-refractivity contribution in [3.8, 4) is 0 Å². The van der Waals surface area contributed by atoms with Crippen LogP contribution in [0, 0.1) is 31.0 Å². The summed E-state index contributed by atoms with van der Waals surface area (Å²) in [4.78, 5) is 11.6. The molecule has 178 valence electrons. The van der Waals surface area contributed by atoms with Crippen molar-refractivity contribution in [3.05, 3.63) is 51.1 Å². The number of piperidine rings is 1. The Morgan fingerprint density at radius 2 is 1.88 bits per heavy atom. The SMILES string of the molecule is Cc1ccc(F)c([C@H](C)[C@H](NS(=O)(=O)N2CCC(C(C)(C)C)CC2)c2n[nH]c(=O)o2)c1C. The van der Waals surface area contributed by atoms with Crippen molar-refractivity contribution >= 4 is 10.2 Å². The van der Waals surface area contributed by atoms with E-state index in [9.17, 15) is 17.6 Å². The van der Waals surface area contributed by atoms with Crippen LogP contribution >= 0.6 is 0 Å². The number of halogens is 1. The summed E-state index contributed by atoms with van der Waals surface area (Å²) >= 11 is 0. The molecule has 1 saturated heterocycles. The third-order valence-corrected chi connectivity index (χ3v) is 8.30. The van der Waals surface area contributed by atoms with Crippen LogP contribution in [0.15, 0.2) is 21.3 Å². The second kappa shape index (κ2) is 9.07. The van der Waals surface area contributed by atoms with Crippen molar-refractivity contribution in [2.24, 2.45) is 11.3 Å². The fourth-order valence-corrected chi connectivity index (χ4v) is 5.93. The van der Waals surface area contributed by atoms with Crippen molar-refractivity contribution in [2.75, 3.05) is 13.1 Å². The first kappa shape index (κ1) is 24.6. The molecule has 0 unspecified atom stereocenters. The van der Waals surface area contributed by atoms with Gasteiger partial charge in [0.25, 0.3) is 10.2 Å². The number of nitrogens with zero attached hydrogens (tertiary/aromatic N) is 2.